The van der Waals surface area contributed by atoms with Gasteiger partial charge in [0.05, 0.1) is 17.7 Å². The summed E-state index contributed by atoms with van der Waals surface area (Å²) in [5.41, 5.74) is 19.1. The predicted molar refractivity (Wildman–Crippen MR) is 157 cm³/mol. The van der Waals surface area contributed by atoms with Crippen molar-refractivity contribution in [3.8, 4) is 0 Å². The average Bonchev–Trinajstić information content (AvgIpc) is 3.30. The first-order chi connectivity index (χ1) is 20.8. The molecule has 0 radical (unpaired) electrons. The van der Waals surface area contributed by atoms with Crippen molar-refractivity contribution in [3.05, 3.63) is 65.2 Å². The molecule has 0 unspecified atom stereocenters. The van der Waals surface area contributed by atoms with E-state index in [4.69, 9.17) is 21.9 Å². The van der Waals surface area contributed by atoms with Gasteiger partial charge in [0.2, 0.25) is 17.7 Å². The summed E-state index contributed by atoms with van der Waals surface area (Å²) in [4.78, 5) is 40.5. The van der Waals surface area contributed by atoms with Crippen LogP contribution >= 0.6 is 0 Å². The molecule has 5 atom stereocenters. The van der Waals surface area contributed by atoms with Gasteiger partial charge in [-0.25, -0.2) is 0 Å². The Labute approximate surface area is 253 Å². The molecule has 3 amide bonds. The Morgan fingerprint density at radius 1 is 1.02 bits per heavy atom. The summed E-state index contributed by atoms with van der Waals surface area (Å²) in [5.74, 6) is -1.45. The molecule has 0 aromatic heterocycles. The minimum atomic E-state index is -4.48. The van der Waals surface area contributed by atoms with E-state index in [0.717, 1.165) is 12.1 Å². The number of nitrogens with one attached hydrogen (secondary N) is 2. The number of carbonyl (C=O) groups excluding carboxylic acids is 3. The molecule has 2 aliphatic heterocycles. The number of hydrogen-bond acceptors (Lipinski definition) is 8. The van der Waals surface area contributed by atoms with Gasteiger partial charge >= 0.3 is 13.3 Å². The Balaban J connectivity index is 1.37. The second kappa shape index (κ2) is 14.5. The fraction of sp³-hybridized carbons (Fsp3) is 0.483. The number of aryl methyl sites for hydroxylation is 1. The average molecular weight is 618 g/mol. The Morgan fingerprint density at radius 3 is 2.34 bits per heavy atom. The van der Waals surface area contributed by atoms with Crippen LogP contribution < -0.4 is 33.3 Å². The fourth-order valence-corrected chi connectivity index (χ4v) is 5.48. The smallest absolute Gasteiger partial charge is 0.423 e. The predicted octanol–water partition coefficient (Wildman–Crippen LogP) is -0.308. The van der Waals surface area contributed by atoms with Gasteiger partial charge in [0, 0.05) is 38.1 Å². The molecule has 2 heterocycles. The van der Waals surface area contributed by atoms with Crippen LogP contribution in [0.3, 0.4) is 0 Å². The molecule has 44 heavy (non-hydrogen) atoms. The van der Waals surface area contributed by atoms with Gasteiger partial charge in [0.1, 0.15) is 6.04 Å². The lowest BCUT2D eigenvalue weighted by Crippen LogP contribution is -2.54. The van der Waals surface area contributed by atoms with E-state index in [2.05, 4.69) is 10.6 Å². The summed E-state index contributed by atoms with van der Waals surface area (Å²) in [5, 5.41) is 15.5. The molecule has 15 heteroatoms. The molecule has 1 saturated heterocycles. The summed E-state index contributed by atoms with van der Waals surface area (Å²) in [6.07, 6.45) is -4.25. The number of nitrogens with zero attached hydrogens (tertiary/aromatic N) is 1. The highest BCUT2D eigenvalue weighted by atomic mass is 19.4. The molecule has 238 valence electrons. The number of benzene rings is 2. The molecule has 0 bridgehead atoms. The number of amides is 3. The van der Waals surface area contributed by atoms with Gasteiger partial charge in [-0.1, -0.05) is 36.4 Å². The molecular weight excluding hydrogens is 580 g/mol. The van der Waals surface area contributed by atoms with Gasteiger partial charge in [-0.15, -0.1) is 0 Å². The normalized spacial score (nSPS) is 21.4. The zero-order valence-corrected chi connectivity index (χ0v) is 24.1. The topological polar surface area (TPSA) is 186 Å². The summed E-state index contributed by atoms with van der Waals surface area (Å²) in [7, 11) is -1.14. The number of nitrogens with two attached hydrogens (primary N) is 3. The van der Waals surface area contributed by atoms with Crippen LogP contribution in [0.5, 0.6) is 0 Å². The summed E-state index contributed by atoms with van der Waals surface area (Å²) in [6, 6.07) is 8.93. The molecule has 2 aromatic carbocycles. The van der Waals surface area contributed by atoms with Gasteiger partial charge < -0.3 is 42.4 Å². The van der Waals surface area contributed by atoms with Gasteiger partial charge in [0.25, 0.3) is 0 Å². The van der Waals surface area contributed by atoms with Gasteiger partial charge in [-0.3, -0.25) is 14.4 Å². The van der Waals surface area contributed by atoms with Crippen LogP contribution in [0, 0.1) is 0 Å². The highest BCUT2D eigenvalue weighted by molar-refractivity contribution is 6.61. The number of carbonyl (C=O) groups is 3. The molecule has 4 rings (SSSR count). The monoisotopic (exact) mass is 618 g/mol. The standard InChI is InChI=1S/C29H38BF3N6O5/c31-29(32,33)18-8-5-17(6-9-18)7-11-24(28(42)37-14-25-21-3-1-2-4-22(21)30(43)44-25)38-27(41)23(36)10-12-26(40)39-15-19(34)13-20(35)16-39/h1-6,8-9,19-20,23-25,43H,7,10-16,34-36H2,(H,37,42)(H,38,41)/t19-,20+,23-,24+,25+/m0/s1. The van der Waals surface area contributed by atoms with Crippen molar-refractivity contribution in [1.29, 1.82) is 0 Å². The fourth-order valence-electron chi connectivity index (χ4n) is 5.48. The lowest BCUT2D eigenvalue weighted by Gasteiger charge is -2.34. The van der Waals surface area contributed by atoms with Crippen molar-refractivity contribution in [1.82, 2.24) is 15.5 Å². The van der Waals surface area contributed by atoms with E-state index in [0.29, 0.717) is 36.1 Å². The van der Waals surface area contributed by atoms with E-state index in [-0.39, 0.29) is 50.2 Å². The Kier molecular flexibility index (Phi) is 11.0. The Hall–Kier alpha value is -3.50. The van der Waals surface area contributed by atoms with Gasteiger partial charge in [0.15, 0.2) is 0 Å². The van der Waals surface area contributed by atoms with Crippen LogP contribution in [0.1, 0.15) is 48.5 Å². The van der Waals surface area contributed by atoms with Crippen molar-refractivity contribution in [3.63, 3.8) is 0 Å². The molecule has 2 aliphatic rings. The van der Waals surface area contributed by atoms with E-state index >= 15 is 0 Å². The lowest BCUT2D eigenvalue weighted by molar-refractivity contribution is -0.137. The highest BCUT2D eigenvalue weighted by Gasteiger charge is 2.35. The van der Waals surface area contributed by atoms with Crippen molar-refractivity contribution in [2.24, 2.45) is 17.2 Å². The molecule has 1 fully saturated rings. The van der Waals surface area contributed by atoms with Crippen LogP contribution in [0.2, 0.25) is 0 Å². The number of piperidine rings is 1. The maximum Gasteiger partial charge on any atom is 0.492 e. The maximum absolute atomic E-state index is 13.3. The summed E-state index contributed by atoms with van der Waals surface area (Å²) >= 11 is 0. The first-order valence-electron chi connectivity index (χ1n) is 14.5. The van der Waals surface area contributed by atoms with Gasteiger partial charge in [-0.05, 0) is 54.4 Å². The number of fused-ring (bicyclic) bond motifs is 1. The van der Waals surface area contributed by atoms with E-state index in [1.165, 1.54) is 12.1 Å². The largest absolute Gasteiger partial charge is 0.492 e. The van der Waals surface area contributed by atoms with E-state index < -0.39 is 48.9 Å². The number of hydrogen-bond donors (Lipinski definition) is 6. The third-order valence-corrected chi connectivity index (χ3v) is 7.87. The lowest BCUT2D eigenvalue weighted by atomic mass is 9.79. The molecule has 0 spiro atoms. The summed E-state index contributed by atoms with van der Waals surface area (Å²) in [6.45, 7) is 0.735. The quantitative estimate of drug-likeness (QED) is 0.185. The second-order valence-electron chi connectivity index (χ2n) is 11.3. The van der Waals surface area contributed by atoms with Crippen LogP contribution in [0.4, 0.5) is 13.2 Å². The van der Waals surface area contributed by atoms with Crippen LogP contribution in [-0.4, -0.2) is 78.6 Å². The van der Waals surface area contributed by atoms with E-state index in [9.17, 15) is 32.6 Å². The van der Waals surface area contributed by atoms with Crippen molar-refractivity contribution >= 4 is 30.3 Å². The van der Waals surface area contributed by atoms with Crippen LogP contribution in [-0.2, 0) is 31.6 Å². The molecule has 9 N–H and O–H groups in total. The number of rotatable bonds is 11. The highest BCUT2D eigenvalue weighted by Crippen LogP contribution is 2.29. The zero-order valence-electron chi connectivity index (χ0n) is 24.1. The minimum Gasteiger partial charge on any atom is -0.423 e. The SMILES string of the molecule is N[C@@H]1C[C@H](N)CN(C(=O)CC[C@H](N)C(=O)N[C@H](CCc2ccc(C(F)(F)F)cc2)C(=O)NC[C@H]2OB(O)c3ccccc32)C1. The molecule has 0 saturated carbocycles. The summed E-state index contributed by atoms with van der Waals surface area (Å²) < 4.78 is 44.5. The first-order valence-corrected chi connectivity index (χ1v) is 14.5. The third-order valence-electron chi connectivity index (χ3n) is 7.87. The Bertz CT molecular complexity index is 1310. The van der Waals surface area contributed by atoms with Crippen molar-refractivity contribution in [2.75, 3.05) is 19.6 Å². The van der Waals surface area contributed by atoms with Crippen LogP contribution in [0.15, 0.2) is 48.5 Å². The van der Waals surface area contributed by atoms with Crippen molar-refractivity contribution in [2.45, 2.75) is 68.6 Å². The molecule has 2 aromatic rings. The second-order valence-corrected chi connectivity index (χ2v) is 11.3. The third kappa shape index (κ3) is 8.79. The molecule has 0 aliphatic carbocycles. The van der Waals surface area contributed by atoms with Gasteiger partial charge in [-0.2, -0.15) is 13.2 Å². The van der Waals surface area contributed by atoms with E-state index in [1.807, 2.05) is 0 Å². The van der Waals surface area contributed by atoms with E-state index in [1.54, 1.807) is 29.2 Å². The number of alkyl halides is 3. The van der Waals surface area contributed by atoms with Crippen LogP contribution in [0.25, 0.3) is 0 Å². The number of likely N-dealkylation sites (tertiary alicyclic amines) is 1. The molecule has 11 nitrogen and oxygen atoms in total. The Morgan fingerprint density at radius 2 is 1.68 bits per heavy atom. The first kappa shape index (κ1) is 33.4. The molecular formula is C29H38BF3N6O5. The zero-order chi connectivity index (χ0) is 32.0. The number of halogens is 3. The maximum atomic E-state index is 13.3. The minimum absolute atomic E-state index is 0.000219. The van der Waals surface area contributed by atoms with Crippen molar-refractivity contribution < 1.29 is 37.2 Å².